The van der Waals surface area contributed by atoms with E-state index in [1.54, 1.807) is 0 Å². The third kappa shape index (κ3) is 13.6. The zero-order valence-corrected chi connectivity index (χ0v) is 27.8. The molecule has 0 saturated carbocycles. The summed E-state index contributed by atoms with van der Waals surface area (Å²) >= 11 is 0. The van der Waals surface area contributed by atoms with Gasteiger partial charge in [-0.1, -0.05) is 48.5 Å². The number of ether oxygens (including phenoxy) is 6. The van der Waals surface area contributed by atoms with E-state index in [0.717, 1.165) is 78.5 Å². The van der Waals surface area contributed by atoms with Gasteiger partial charge in [0, 0.05) is 78.5 Å². The van der Waals surface area contributed by atoms with Gasteiger partial charge in [0.25, 0.3) is 0 Å². The second kappa shape index (κ2) is 21.1. The number of hydrogen-bond donors (Lipinski definition) is 0. The molecule has 0 amide bonds. The molecule has 2 fully saturated rings. The maximum Gasteiger partial charge on any atom is 0.0701 e. The van der Waals surface area contributed by atoms with Gasteiger partial charge in [-0.3, -0.25) is 19.6 Å². The molecule has 4 unspecified atom stereocenters. The van der Waals surface area contributed by atoms with Crippen LogP contribution in [0.5, 0.6) is 0 Å². The van der Waals surface area contributed by atoms with Crippen molar-refractivity contribution < 1.29 is 28.4 Å². The Labute approximate surface area is 276 Å². The van der Waals surface area contributed by atoms with E-state index in [1.165, 1.54) is 22.3 Å². The first-order valence-corrected chi connectivity index (χ1v) is 17.3. The number of nitrogens with zero attached hydrogens (tertiary/aromatic N) is 4. The van der Waals surface area contributed by atoms with Gasteiger partial charge in [-0.05, 0) is 22.3 Å². The van der Waals surface area contributed by atoms with Gasteiger partial charge in [0.05, 0.1) is 79.3 Å². The van der Waals surface area contributed by atoms with Gasteiger partial charge in [0.2, 0.25) is 0 Å². The van der Waals surface area contributed by atoms with E-state index < -0.39 is 0 Å². The van der Waals surface area contributed by atoms with Crippen molar-refractivity contribution in [1.29, 1.82) is 0 Å². The summed E-state index contributed by atoms with van der Waals surface area (Å²) in [6, 6.07) is 18.0. The largest absolute Gasteiger partial charge is 0.379 e. The lowest BCUT2D eigenvalue weighted by Crippen LogP contribution is -2.33. The van der Waals surface area contributed by atoms with Crippen molar-refractivity contribution in [1.82, 2.24) is 19.6 Å². The van der Waals surface area contributed by atoms with Crippen LogP contribution >= 0.6 is 0 Å². The summed E-state index contributed by atoms with van der Waals surface area (Å²) in [5.41, 5.74) is 5.24. The fourth-order valence-electron chi connectivity index (χ4n) is 6.16. The Morgan fingerprint density at radius 3 is 0.761 bits per heavy atom. The maximum absolute atomic E-state index is 6.21. The van der Waals surface area contributed by atoms with Crippen LogP contribution < -0.4 is 0 Å². The molecule has 3 aliphatic heterocycles. The first-order chi connectivity index (χ1) is 22.8. The highest BCUT2D eigenvalue weighted by Gasteiger charge is 2.14. The van der Waals surface area contributed by atoms with E-state index in [9.17, 15) is 0 Å². The van der Waals surface area contributed by atoms with Crippen LogP contribution in [-0.4, -0.2) is 151 Å². The predicted molar refractivity (Wildman–Crippen MR) is 179 cm³/mol. The fourth-order valence-corrected chi connectivity index (χ4v) is 6.16. The van der Waals surface area contributed by atoms with Crippen LogP contribution in [0, 0.1) is 0 Å². The molecule has 2 aromatic rings. The van der Waals surface area contributed by atoms with E-state index in [2.05, 4.69) is 68.1 Å². The van der Waals surface area contributed by atoms with Gasteiger partial charge in [0.1, 0.15) is 0 Å². The summed E-state index contributed by atoms with van der Waals surface area (Å²) in [5, 5.41) is 0. The second-order valence-corrected chi connectivity index (χ2v) is 12.4. The SMILES string of the molecule is c1cc2cc(c1)CN1CCOCCOCCN(CCOCC1)Cc1cccc(c1)CN1CCOCCOCCN(CCOCC1)C2. The monoisotopic (exact) mass is 640 g/mol. The lowest BCUT2D eigenvalue weighted by Gasteiger charge is -2.26. The van der Waals surface area contributed by atoms with E-state index in [-0.39, 0.29) is 0 Å². The number of benzene rings is 2. The minimum Gasteiger partial charge on any atom is -0.379 e. The van der Waals surface area contributed by atoms with Gasteiger partial charge in [-0.2, -0.15) is 0 Å². The summed E-state index contributed by atoms with van der Waals surface area (Å²) < 4.78 is 36.3. The van der Waals surface area contributed by atoms with Gasteiger partial charge >= 0.3 is 0 Å². The van der Waals surface area contributed by atoms with Crippen molar-refractivity contribution in [2.75, 3.05) is 132 Å². The van der Waals surface area contributed by atoms with E-state index in [0.29, 0.717) is 79.3 Å². The molecule has 2 aromatic carbocycles. The molecule has 2 saturated heterocycles. The van der Waals surface area contributed by atoms with Gasteiger partial charge < -0.3 is 28.4 Å². The topological polar surface area (TPSA) is 68.3 Å². The molecule has 3 aliphatic rings. The van der Waals surface area contributed by atoms with Crippen LogP contribution in [0.2, 0.25) is 0 Å². The molecule has 0 aromatic heterocycles. The predicted octanol–water partition coefficient (Wildman–Crippen LogP) is 2.74. The molecule has 8 bridgehead atoms. The molecule has 0 spiro atoms. The maximum atomic E-state index is 6.21. The molecule has 256 valence electrons. The third-order valence-electron chi connectivity index (χ3n) is 8.77. The van der Waals surface area contributed by atoms with Gasteiger partial charge in [-0.25, -0.2) is 0 Å². The summed E-state index contributed by atoms with van der Waals surface area (Å²) in [7, 11) is 0. The van der Waals surface area contributed by atoms with Crippen molar-refractivity contribution in [3.63, 3.8) is 0 Å². The van der Waals surface area contributed by atoms with E-state index in [4.69, 9.17) is 28.4 Å². The summed E-state index contributed by atoms with van der Waals surface area (Å²) in [4.78, 5) is 9.77. The first kappa shape index (κ1) is 35.3. The Balaban J connectivity index is 1.35. The minimum absolute atomic E-state index is 0.618. The lowest BCUT2D eigenvalue weighted by molar-refractivity contribution is 0.0308. The zero-order chi connectivity index (χ0) is 31.5. The van der Waals surface area contributed by atoms with Gasteiger partial charge in [0.15, 0.2) is 0 Å². The van der Waals surface area contributed by atoms with Crippen molar-refractivity contribution in [3.8, 4) is 0 Å². The molecule has 3 heterocycles. The highest BCUT2D eigenvalue weighted by atomic mass is 16.5. The zero-order valence-electron chi connectivity index (χ0n) is 27.8. The Bertz CT molecular complexity index is 950. The average molecular weight is 641 g/mol. The molecule has 5 rings (SSSR count). The fraction of sp³-hybridized carbons (Fsp3) is 0.667. The Hall–Kier alpha value is -1.96. The first-order valence-electron chi connectivity index (χ1n) is 17.3. The van der Waals surface area contributed by atoms with Crippen molar-refractivity contribution in [2.45, 2.75) is 26.2 Å². The Kier molecular flexibility index (Phi) is 16.2. The van der Waals surface area contributed by atoms with E-state index >= 15 is 0 Å². The summed E-state index contributed by atoms with van der Waals surface area (Å²) in [6.07, 6.45) is 0. The van der Waals surface area contributed by atoms with Crippen LogP contribution in [0.15, 0.2) is 48.5 Å². The molecule has 10 nitrogen and oxygen atoms in total. The van der Waals surface area contributed by atoms with E-state index in [1.807, 2.05) is 0 Å². The average Bonchev–Trinajstić information content (AvgIpc) is 3.07. The van der Waals surface area contributed by atoms with Crippen molar-refractivity contribution in [3.05, 3.63) is 70.8 Å². The quantitative estimate of drug-likeness (QED) is 0.402. The number of hydrogen-bond acceptors (Lipinski definition) is 10. The molecule has 46 heavy (non-hydrogen) atoms. The van der Waals surface area contributed by atoms with Crippen LogP contribution in [0.4, 0.5) is 0 Å². The van der Waals surface area contributed by atoms with Crippen LogP contribution in [0.3, 0.4) is 0 Å². The van der Waals surface area contributed by atoms with Crippen LogP contribution in [-0.2, 0) is 54.6 Å². The lowest BCUT2D eigenvalue weighted by atomic mass is 10.1. The van der Waals surface area contributed by atoms with Crippen molar-refractivity contribution in [2.24, 2.45) is 0 Å². The second-order valence-electron chi connectivity index (χ2n) is 12.4. The van der Waals surface area contributed by atoms with Crippen LogP contribution in [0.25, 0.3) is 0 Å². The summed E-state index contributed by atoms with van der Waals surface area (Å²) in [5.74, 6) is 0. The number of rotatable bonds is 0. The van der Waals surface area contributed by atoms with Crippen LogP contribution in [0.1, 0.15) is 22.3 Å². The third-order valence-corrected chi connectivity index (χ3v) is 8.77. The highest BCUT2D eigenvalue weighted by Crippen LogP contribution is 2.14. The standard InChI is InChI=1S/C36H56N4O6/c1-3-33-27-34(4-1)30-38-8-16-42-18-10-40(14-22-46-26-24-44-20-12-38)32-36-6-2-5-35(28-36)31-39-9-17-41-15-7-37(29-33)11-19-43-23-25-45-21-13-39/h1-6,27-28H,7-26,29-32H2. The molecular weight excluding hydrogens is 584 g/mol. The smallest absolute Gasteiger partial charge is 0.0701 e. The molecule has 10 heteroatoms. The molecule has 0 radical (unpaired) electrons. The Morgan fingerprint density at radius 2 is 0.522 bits per heavy atom. The van der Waals surface area contributed by atoms with Gasteiger partial charge in [-0.15, -0.1) is 0 Å². The summed E-state index contributed by atoms with van der Waals surface area (Å²) in [6.45, 7) is 18.4. The molecule has 0 aliphatic carbocycles. The molecule has 0 N–H and O–H groups in total. The van der Waals surface area contributed by atoms with Crippen molar-refractivity contribution >= 4 is 0 Å². The molecule has 4 atom stereocenters. The highest BCUT2D eigenvalue weighted by molar-refractivity contribution is 5.24. The minimum atomic E-state index is 0.618. The number of fused-ring (bicyclic) bond motifs is 16. The normalized spacial score (nSPS) is 28.0. The molecular formula is C36H56N4O6. The Morgan fingerprint density at radius 1 is 0.304 bits per heavy atom.